The molecule has 0 radical (unpaired) electrons. The molecule has 1 aromatic rings. The number of esters is 1. The Morgan fingerprint density at radius 3 is 2.16 bits per heavy atom. The van der Waals surface area contributed by atoms with Gasteiger partial charge in [0.2, 0.25) is 11.7 Å². The maximum atomic E-state index is 11.8. The number of hydrogen-bond acceptors (Lipinski definition) is 7. The van der Waals surface area contributed by atoms with Crippen LogP contribution in [0.5, 0.6) is 11.5 Å². The van der Waals surface area contributed by atoms with E-state index in [-0.39, 0.29) is 11.3 Å². The van der Waals surface area contributed by atoms with Crippen molar-refractivity contribution in [2.75, 3.05) is 0 Å². The van der Waals surface area contributed by atoms with Crippen LogP contribution in [-0.4, -0.2) is 55.1 Å². The molecule has 5 N–H and O–H groups in total. The predicted molar refractivity (Wildman–Crippen MR) is 83.7 cm³/mol. The summed E-state index contributed by atoms with van der Waals surface area (Å²) < 4.78 is 4.61. The van der Waals surface area contributed by atoms with E-state index in [0.717, 1.165) is 18.2 Å². The van der Waals surface area contributed by atoms with E-state index >= 15 is 0 Å². The van der Waals surface area contributed by atoms with Crippen LogP contribution in [0.4, 0.5) is 0 Å². The molecule has 0 aromatic heterocycles. The number of carbonyl (C=O) groups is 3. The summed E-state index contributed by atoms with van der Waals surface area (Å²) >= 11 is 0. The molecule has 1 aromatic carbocycles. The summed E-state index contributed by atoms with van der Waals surface area (Å²) in [7, 11) is 0. The Bertz CT molecular complexity index is 708. The van der Waals surface area contributed by atoms with Crippen molar-refractivity contribution >= 4 is 24.0 Å². The molecule has 0 aliphatic heterocycles. The van der Waals surface area contributed by atoms with Crippen molar-refractivity contribution in [3.8, 4) is 11.5 Å². The fourth-order valence-corrected chi connectivity index (χ4v) is 1.95. The average molecular weight is 354 g/mol. The molecule has 9 heteroatoms. The molecule has 0 aliphatic carbocycles. The number of ether oxygens (including phenoxy) is 1. The number of carbonyl (C=O) groups excluding carboxylic acids is 1. The van der Waals surface area contributed by atoms with E-state index in [9.17, 15) is 29.7 Å². The molecule has 9 nitrogen and oxygen atoms in total. The van der Waals surface area contributed by atoms with Crippen LogP contribution in [0.3, 0.4) is 0 Å². The summed E-state index contributed by atoms with van der Waals surface area (Å²) in [4.78, 5) is 34.3. The lowest BCUT2D eigenvalue weighted by Gasteiger charge is -2.32. The third-order valence-electron chi connectivity index (χ3n) is 3.49. The fourth-order valence-electron chi connectivity index (χ4n) is 1.95. The van der Waals surface area contributed by atoms with Gasteiger partial charge >= 0.3 is 17.9 Å². The highest BCUT2D eigenvalue weighted by atomic mass is 16.6. The van der Waals surface area contributed by atoms with Gasteiger partial charge in [0.25, 0.3) is 0 Å². The minimum Gasteiger partial charge on any atom is -0.504 e. The van der Waals surface area contributed by atoms with E-state index in [0.29, 0.717) is 0 Å². The smallest absolute Gasteiger partial charge is 0.348 e. The van der Waals surface area contributed by atoms with Crippen LogP contribution in [0.1, 0.15) is 19.4 Å². The second-order valence-electron chi connectivity index (χ2n) is 5.52. The van der Waals surface area contributed by atoms with E-state index in [4.69, 9.17) is 10.2 Å². The minimum atomic E-state index is -2.81. The standard InChI is InChI=1S/C16H18O9/c1-8(2)16(24,15(22)23)13(14(20)21)25-12(19)6-4-9-3-5-10(17)11(18)7-9/h3-8,13,17-18,24H,1-2H3,(H,20,21)(H,22,23)/b6-4+. The van der Waals surface area contributed by atoms with Gasteiger partial charge in [0, 0.05) is 6.08 Å². The minimum absolute atomic E-state index is 0.288. The van der Waals surface area contributed by atoms with Crippen molar-refractivity contribution in [2.45, 2.75) is 25.6 Å². The van der Waals surface area contributed by atoms with Crippen molar-refractivity contribution in [2.24, 2.45) is 5.92 Å². The third kappa shape index (κ3) is 4.48. The topological polar surface area (TPSA) is 162 Å². The Balaban J connectivity index is 3.00. The van der Waals surface area contributed by atoms with Gasteiger partial charge in [-0.3, -0.25) is 0 Å². The van der Waals surface area contributed by atoms with Gasteiger partial charge in [-0.1, -0.05) is 19.9 Å². The lowest BCUT2D eigenvalue weighted by atomic mass is 9.84. The second kappa shape index (κ2) is 7.67. The molecule has 25 heavy (non-hydrogen) atoms. The number of aromatic hydroxyl groups is 2. The molecule has 0 heterocycles. The lowest BCUT2D eigenvalue weighted by Crippen LogP contribution is -2.58. The van der Waals surface area contributed by atoms with E-state index in [1.165, 1.54) is 26.0 Å². The maximum absolute atomic E-state index is 11.8. The van der Waals surface area contributed by atoms with Crippen molar-refractivity contribution in [3.05, 3.63) is 29.8 Å². The van der Waals surface area contributed by atoms with Gasteiger partial charge in [0.1, 0.15) is 0 Å². The molecule has 0 bridgehead atoms. The zero-order valence-electron chi connectivity index (χ0n) is 13.4. The molecule has 136 valence electrons. The summed E-state index contributed by atoms with van der Waals surface area (Å²) in [6.45, 7) is 2.54. The number of hydrogen-bond donors (Lipinski definition) is 5. The lowest BCUT2D eigenvalue weighted by molar-refractivity contribution is -0.198. The first-order valence-corrected chi connectivity index (χ1v) is 7.09. The largest absolute Gasteiger partial charge is 0.504 e. The van der Waals surface area contributed by atoms with E-state index in [1.54, 1.807) is 0 Å². The zero-order chi connectivity index (χ0) is 19.4. The van der Waals surface area contributed by atoms with Crippen molar-refractivity contribution in [1.82, 2.24) is 0 Å². The molecule has 0 saturated heterocycles. The van der Waals surface area contributed by atoms with Crippen LogP contribution in [0.15, 0.2) is 24.3 Å². The molecule has 0 saturated carbocycles. The summed E-state index contributed by atoms with van der Waals surface area (Å²) in [5, 5.41) is 46.9. The van der Waals surface area contributed by atoms with Crippen molar-refractivity contribution in [1.29, 1.82) is 0 Å². The van der Waals surface area contributed by atoms with Crippen LogP contribution in [-0.2, 0) is 19.1 Å². The van der Waals surface area contributed by atoms with Crippen LogP contribution in [0, 0.1) is 5.92 Å². The van der Waals surface area contributed by atoms with Gasteiger partial charge in [-0.25, -0.2) is 14.4 Å². The Hall–Kier alpha value is -3.07. The van der Waals surface area contributed by atoms with Gasteiger partial charge < -0.3 is 30.3 Å². The Labute approximate surface area is 142 Å². The number of phenolic OH excluding ortho intramolecular Hbond substituents is 2. The van der Waals surface area contributed by atoms with Crippen LogP contribution in [0.2, 0.25) is 0 Å². The first-order chi connectivity index (χ1) is 11.5. The predicted octanol–water partition coefficient (Wildman–Crippen LogP) is 0.579. The number of carboxylic acid groups (broad SMARTS) is 2. The Morgan fingerprint density at radius 1 is 1.12 bits per heavy atom. The van der Waals surface area contributed by atoms with Gasteiger partial charge in [-0.05, 0) is 29.7 Å². The second-order valence-corrected chi connectivity index (χ2v) is 5.52. The van der Waals surface area contributed by atoms with Crippen molar-refractivity contribution in [3.63, 3.8) is 0 Å². The Kier molecular flexibility index (Phi) is 6.13. The van der Waals surface area contributed by atoms with E-state index < -0.39 is 41.3 Å². The highest BCUT2D eigenvalue weighted by Gasteiger charge is 2.53. The number of aliphatic carboxylic acids is 2. The van der Waals surface area contributed by atoms with Gasteiger partial charge in [-0.15, -0.1) is 0 Å². The summed E-state index contributed by atoms with van der Waals surface area (Å²) in [5.41, 5.74) is -2.52. The third-order valence-corrected chi connectivity index (χ3v) is 3.49. The first-order valence-electron chi connectivity index (χ1n) is 7.09. The summed E-state index contributed by atoms with van der Waals surface area (Å²) in [6, 6.07) is 3.66. The number of benzene rings is 1. The van der Waals surface area contributed by atoms with Crippen LogP contribution in [0.25, 0.3) is 6.08 Å². The van der Waals surface area contributed by atoms with E-state index in [1.807, 2.05) is 0 Å². The number of phenols is 2. The molecular formula is C16H18O9. The molecule has 0 aliphatic rings. The average Bonchev–Trinajstić information content (AvgIpc) is 2.52. The molecule has 2 atom stereocenters. The maximum Gasteiger partial charge on any atom is 0.348 e. The van der Waals surface area contributed by atoms with Gasteiger partial charge in [0.05, 0.1) is 0 Å². The first kappa shape index (κ1) is 20.0. The number of aliphatic hydroxyl groups is 1. The molecule has 1 rings (SSSR count). The SMILES string of the molecule is CC(C)C(O)(C(=O)O)C(OC(=O)/C=C/c1ccc(O)c(O)c1)C(=O)O. The highest BCUT2D eigenvalue weighted by molar-refractivity contribution is 5.92. The van der Waals surface area contributed by atoms with Gasteiger partial charge in [0.15, 0.2) is 11.5 Å². The molecule has 2 unspecified atom stereocenters. The summed E-state index contributed by atoms with van der Waals surface area (Å²) in [6.07, 6.45) is -0.379. The van der Waals surface area contributed by atoms with Crippen LogP contribution >= 0.6 is 0 Å². The number of rotatable bonds is 7. The van der Waals surface area contributed by atoms with Crippen molar-refractivity contribution < 1.29 is 44.7 Å². The normalized spacial score (nSPS) is 14.9. The zero-order valence-corrected chi connectivity index (χ0v) is 13.4. The Morgan fingerprint density at radius 2 is 1.72 bits per heavy atom. The molecule has 0 amide bonds. The molecular weight excluding hydrogens is 336 g/mol. The van der Waals surface area contributed by atoms with Crippen LogP contribution < -0.4 is 0 Å². The fraction of sp³-hybridized carbons (Fsp3) is 0.312. The van der Waals surface area contributed by atoms with E-state index in [2.05, 4.69) is 4.74 Å². The number of carboxylic acids is 2. The molecule has 0 spiro atoms. The molecule has 0 fully saturated rings. The van der Waals surface area contributed by atoms with Gasteiger partial charge in [-0.2, -0.15) is 0 Å². The highest BCUT2D eigenvalue weighted by Crippen LogP contribution is 2.26. The monoisotopic (exact) mass is 354 g/mol. The quantitative estimate of drug-likeness (QED) is 0.268. The summed E-state index contributed by atoms with van der Waals surface area (Å²) in [5.74, 6) is -6.72.